The van der Waals surface area contributed by atoms with Crippen LogP contribution in [0, 0.1) is 11.8 Å². The lowest BCUT2D eigenvalue weighted by Gasteiger charge is -2.10. The van der Waals surface area contributed by atoms with Crippen LogP contribution < -0.4 is 11.2 Å². The maximum absolute atomic E-state index is 11.2. The minimum Gasteiger partial charge on any atom is -0.369 e. The molecule has 2 amide bonds. The number of carbonyl (C=O) groups is 2. The second-order valence-electron chi connectivity index (χ2n) is 3.75. The number of hydrogen-bond donors (Lipinski definition) is 2. The molecule has 3 N–H and O–H groups in total. The first-order valence-electron chi connectivity index (χ1n) is 5.03. The van der Waals surface area contributed by atoms with E-state index in [-0.39, 0.29) is 11.8 Å². The third kappa shape index (κ3) is 4.58. The Morgan fingerprint density at radius 3 is 2.27 bits per heavy atom. The molecule has 0 fully saturated rings. The number of primary amides is 1. The summed E-state index contributed by atoms with van der Waals surface area (Å²) in [4.78, 5) is 22.2. The summed E-state index contributed by atoms with van der Waals surface area (Å²) in [7, 11) is 0. The Labute approximate surface area is 90.1 Å². The van der Waals surface area contributed by atoms with Gasteiger partial charge in [-0.2, -0.15) is 5.10 Å². The first-order valence-corrected chi connectivity index (χ1v) is 5.03. The molecule has 86 valence electrons. The van der Waals surface area contributed by atoms with Gasteiger partial charge in [-0.1, -0.05) is 20.8 Å². The van der Waals surface area contributed by atoms with Crippen LogP contribution in [-0.2, 0) is 9.59 Å². The molecule has 0 spiro atoms. The molecule has 0 aromatic carbocycles. The zero-order valence-corrected chi connectivity index (χ0v) is 9.70. The van der Waals surface area contributed by atoms with E-state index in [2.05, 4.69) is 10.5 Å². The highest BCUT2D eigenvalue weighted by molar-refractivity contribution is 6.02. The first-order chi connectivity index (χ1) is 6.90. The van der Waals surface area contributed by atoms with Crippen molar-refractivity contribution in [2.45, 2.75) is 34.1 Å². The van der Waals surface area contributed by atoms with Crippen LogP contribution >= 0.6 is 0 Å². The quantitative estimate of drug-likeness (QED) is 0.519. The summed E-state index contributed by atoms with van der Waals surface area (Å²) in [6.45, 7) is 7.06. The molecule has 1 unspecified atom stereocenters. The Kier molecular flexibility index (Phi) is 5.59. The summed E-state index contributed by atoms with van der Waals surface area (Å²) in [5.74, 6) is -1.13. The smallest absolute Gasteiger partial charge is 0.242 e. The summed E-state index contributed by atoms with van der Waals surface area (Å²) >= 11 is 0. The van der Waals surface area contributed by atoms with E-state index in [1.165, 1.54) is 0 Å². The number of amides is 2. The summed E-state index contributed by atoms with van der Waals surface area (Å²) < 4.78 is 0. The van der Waals surface area contributed by atoms with E-state index in [1.807, 2.05) is 6.92 Å². The van der Waals surface area contributed by atoms with Gasteiger partial charge in [0.15, 0.2) is 0 Å². The topological polar surface area (TPSA) is 84.6 Å². The zero-order chi connectivity index (χ0) is 12.0. The van der Waals surface area contributed by atoms with Crippen LogP contribution in [0.3, 0.4) is 0 Å². The van der Waals surface area contributed by atoms with E-state index in [4.69, 9.17) is 5.73 Å². The number of nitrogens with one attached hydrogen (secondary N) is 1. The minimum atomic E-state index is -0.419. The Hall–Kier alpha value is -1.39. The summed E-state index contributed by atoms with van der Waals surface area (Å²) in [5, 5.41) is 3.85. The predicted molar refractivity (Wildman–Crippen MR) is 59.1 cm³/mol. The molecule has 5 heteroatoms. The van der Waals surface area contributed by atoms with Gasteiger partial charge in [-0.25, -0.2) is 5.43 Å². The molecule has 0 saturated carbocycles. The molecule has 0 rings (SSSR count). The number of nitrogens with two attached hydrogens (primary N) is 1. The standard InChI is InChI=1S/C10H19N3O2/c1-5-8(9(11)14)7(4)12-13-10(15)6(2)3/h6,8H,5H2,1-4H3,(H2,11,14)(H,13,15). The lowest BCUT2D eigenvalue weighted by molar-refractivity contribution is -0.124. The second-order valence-corrected chi connectivity index (χ2v) is 3.75. The molecule has 0 aliphatic heterocycles. The Balaban J connectivity index is 4.42. The Bertz CT molecular complexity index is 272. The van der Waals surface area contributed by atoms with E-state index in [0.717, 1.165) is 0 Å². The van der Waals surface area contributed by atoms with Crippen molar-refractivity contribution in [2.75, 3.05) is 0 Å². The van der Waals surface area contributed by atoms with E-state index in [0.29, 0.717) is 12.1 Å². The molecule has 1 atom stereocenters. The van der Waals surface area contributed by atoms with Gasteiger partial charge < -0.3 is 5.73 Å². The summed E-state index contributed by atoms with van der Waals surface area (Å²) in [5.41, 5.74) is 8.12. The van der Waals surface area contributed by atoms with Crippen molar-refractivity contribution in [2.24, 2.45) is 22.7 Å². The average molecular weight is 213 g/mol. The van der Waals surface area contributed by atoms with Gasteiger partial charge in [-0.3, -0.25) is 9.59 Å². The monoisotopic (exact) mass is 213 g/mol. The van der Waals surface area contributed by atoms with E-state index < -0.39 is 11.8 Å². The summed E-state index contributed by atoms with van der Waals surface area (Å²) in [6.07, 6.45) is 0.586. The predicted octanol–water partition coefficient (Wildman–Crippen LogP) is 0.646. The van der Waals surface area contributed by atoms with Crippen LogP contribution in [0.15, 0.2) is 5.10 Å². The molecule has 15 heavy (non-hydrogen) atoms. The Morgan fingerprint density at radius 1 is 1.40 bits per heavy atom. The number of carbonyl (C=O) groups excluding carboxylic acids is 2. The number of rotatable bonds is 5. The highest BCUT2D eigenvalue weighted by Crippen LogP contribution is 2.04. The molecule has 0 aromatic rings. The third-order valence-corrected chi connectivity index (χ3v) is 2.12. The van der Waals surface area contributed by atoms with Gasteiger partial charge >= 0.3 is 0 Å². The number of nitrogens with zero attached hydrogens (tertiary/aromatic N) is 1. The largest absolute Gasteiger partial charge is 0.369 e. The normalized spacial score (nSPS) is 13.8. The van der Waals surface area contributed by atoms with Crippen LogP contribution in [0.4, 0.5) is 0 Å². The molecular weight excluding hydrogens is 194 g/mol. The molecule has 0 aliphatic rings. The molecule has 0 radical (unpaired) electrons. The van der Waals surface area contributed by atoms with Gasteiger partial charge in [0.1, 0.15) is 0 Å². The van der Waals surface area contributed by atoms with Gasteiger partial charge in [0, 0.05) is 11.6 Å². The maximum atomic E-state index is 11.2. The van der Waals surface area contributed by atoms with Crippen LogP contribution in [0.1, 0.15) is 34.1 Å². The molecule has 0 saturated heterocycles. The van der Waals surface area contributed by atoms with Crippen molar-refractivity contribution >= 4 is 17.5 Å². The SMILES string of the molecule is CCC(C(N)=O)C(C)=NNC(=O)C(C)C. The van der Waals surface area contributed by atoms with Crippen molar-refractivity contribution in [3.8, 4) is 0 Å². The van der Waals surface area contributed by atoms with Gasteiger partial charge in [0.25, 0.3) is 0 Å². The maximum Gasteiger partial charge on any atom is 0.242 e. The molecule has 5 nitrogen and oxygen atoms in total. The van der Waals surface area contributed by atoms with E-state index in [9.17, 15) is 9.59 Å². The summed E-state index contributed by atoms with van der Waals surface area (Å²) in [6, 6.07) is 0. The highest BCUT2D eigenvalue weighted by atomic mass is 16.2. The van der Waals surface area contributed by atoms with E-state index >= 15 is 0 Å². The van der Waals surface area contributed by atoms with Crippen molar-refractivity contribution in [3.63, 3.8) is 0 Å². The number of hydrogen-bond acceptors (Lipinski definition) is 3. The average Bonchev–Trinajstić information content (AvgIpc) is 2.14. The van der Waals surface area contributed by atoms with Crippen LogP contribution in [0.5, 0.6) is 0 Å². The van der Waals surface area contributed by atoms with Crippen LogP contribution in [-0.4, -0.2) is 17.5 Å². The second kappa shape index (κ2) is 6.16. The van der Waals surface area contributed by atoms with Gasteiger partial charge in [-0.15, -0.1) is 0 Å². The molecule has 0 heterocycles. The zero-order valence-electron chi connectivity index (χ0n) is 9.70. The Morgan fingerprint density at radius 2 is 1.93 bits per heavy atom. The van der Waals surface area contributed by atoms with Gasteiger partial charge in [0.2, 0.25) is 11.8 Å². The van der Waals surface area contributed by atoms with Crippen molar-refractivity contribution in [1.82, 2.24) is 5.43 Å². The van der Waals surface area contributed by atoms with Gasteiger partial charge in [-0.05, 0) is 13.3 Å². The fraction of sp³-hybridized carbons (Fsp3) is 0.700. The fourth-order valence-corrected chi connectivity index (χ4v) is 1.05. The lowest BCUT2D eigenvalue weighted by atomic mass is 10.0. The first kappa shape index (κ1) is 13.6. The number of hydrazone groups is 1. The minimum absolute atomic E-state index is 0.129. The molecular formula is C10H19N3O2. The lowest BCUT2D eigenvalue weighted by Crippen LogP contribution is -2.31. The molecule has 0 bridgehead atoms. The van der Waals surface area contributed by atoms with Crippen molar-refractivity contribution in [3.05, 3.63) is 0 Å². The van der Waals surface area contributed by atoms with Crippen LogP contribution in [0.2, 0.25) is 0 Å². The molecule has 0 aromatic heterocycles. The van der Waals surface area contributed by atoms with E-state index in [1.54, 1.807) is 20.8 Å². The van der Waals surface area contributed by atoms with Gasteiger partial charge in [0.05, 0.1) is 5.92 Å². The third-order valence-electron chi connectivity index (χ3n) is 2.12. The van der Waals surface area contributed by atoms with Crippen molar-refractivity contribution < 1.29 is 9.59 Å². The highest BCUT2D eigenvalue weighted by Gasteiger charge is 2.16. The van der Waals surface area contributed by atoms with Crippen molar-refractivity contribution in [1.29, 1.82) is 0 Å². The van der Waals surface area contributed by atoms with Crippen LogP contribution in [0.25, 0.3) is 0 Å². The fourth-order valence-electron chi connectivity index (χ4n) is 1.05. The molecule has 0 aliphatic carbocycles.